The van der Waals surface area contributed by atoms with Gasteiger partial charge in [0.25, 0.3) is 0 Å². The minimum atomic E-state index is 0. The van der Waals surface area contributed by atoms with E-state index in [4.69, 9.17) is 10.00 Å². The topological polar surface area (TPSA) is 45.0 Å². The number of nitrogens with zero attached hydrogens (tertiary/aromatic N) is 1. The van der Waals surface area contributed by atoms with Crippen molar-refractivity contribution < 1.29 is 4.74 Å². The number of halogens is 1. The van der Waals surface area contributed by atoms with Crippen molar-refractivity contribution in [3.8, 4) is 11.8 Å². The minimum Gasteiger partial charge on any atom is -0.496 e. The number of nitrogens with one attached hydrogen (secondary N) is 1. The molecule has 0 atom stereocenters. The zero-order valence-corrected chi connectivity index (χ0v) is 9.02. The van der Waals surface area contributed by atoms with Crippen LogP contribution in [0, 0.1) is 11.3 Å². The van der Waals surface area contributed by atoms with Crippen LogP contribution in [0.1, 0.15) is 11.1 Å². The number of nitriles is 1. The third-order valence-corrected chi connectivity index (χ3v) is 1.78. The summed E-state index contributed by atoms with van der Waals surface area (Å²) in [6, 6.07) is 7.50. The number of benzene rings is 1. The van der Waals surface area contributed by atoms with Crippen LogP contribution in [0.2, 0.25) is 0 Å². The van der Waals surface area contributed by atoms with E-state index in [0.29, 0.717) is 5.56 Å². The Morgan fingerprint density at radius 2 is 2.21 bits per heavy atom. The normalized spacial score (nSPS) is 8.64. The number of hydrogen-bond acceptors (Lipinski definition) is 3. The smallest absolute Gasteiger partial charge is 0.124 e. The number of rotatable bonds is 3. The Morgan fingerprint density at radius 3 is 2.71 bits per heavy atom. The quantitative estimate of drug-likeness (QED) is 0.830. The van der Waals surface area contributed by atoms with Gasteiger partial charge in [0.2, 0.25) is 0 Å². The van der Waals surface area contributed by atoms with Crippen LogP contribution in [0.5, 0.6) is 5.75 Å². The van der Waals surface area contributed by atoms with Crippen LogP contribution < -0.4 is 10.1 Å². The second-order valence-electron chi connectivity index (χ2n) is 2.67. The molecule has 0 fully saturated rings. The van der Waals surface area contributed by atoms with Crippen LogP contribution in [0.15, 0.2) is 18.2 Å². The van der Waals surface area contributed by atoms with Crippen molar-refractivity contribution in [2.45, 2.75) is 6.54 Å². The Balaban J connectivity index is 0.00000169. The van der Waals surface area contributed by atoms with E-state index in [2.05, 4.69) is 11.4 Å². The third kappa shape index (κ3) is 2.91. The first kappa shape index (κ1) is 12.8. The van der Waals surface area contributed by atoms with Crippen LogP contribution in [0.25, 0.3) is 0 Å². The van der Waals surface area contributed by atoms with Crippen molar-refractivity contribution in [2.24, 2.45) is 0 Å². The fourth-order valence-corrected chi connectivity index (χ4v) is 1.15. The summed E-state index contributed by atoms with van der Waals surface area (Å²) in [7, 11) is 3.48. The summed E-state index contributed by atoms with van der Waals surface area (Å²) in [4.78, 5) is 0. The molecule has 4 heteroatoms. The maximum atomic E-state index is 8.66. The molecular weight excluding hydrogens is 200 g/mol. The van der Waals surface area contributed by atoms with E-state index < -0.39 is 0 Å². The average Bonchev–Trinajstić information content (AvgIpc) is 2.19. The summed E-state index contributed by atoms with van der Waals surface area (Å²) < 4.78 is 5.15. The van der Waals surface area contributed by atoms with E-state index in [0.717, 1.165) is 17.9 Å². The molecule has 0 radical (unpaired) electrons. The van der Waals surface area contributed by atoms with Gasteiger partial charge >= 0.3 is 0 Å². The van der Waals surface area contributed by atoms with Gasteiger partial charge in [0.15, 0.2) is 0 Å². The summed E-state index contributed by atoms with van der Waals surface area (Å²) in [5, 5.41) is 11.7. The van der Waals surface area contributed by atoms with Gasteiger partial charge in [-0.25, -0.2) is 0 Å². The lowest BCUT2D eigenvalue weighted by atomic mass is 10.1. The highest BCUT2D eigenvalue weighted by atomic mass is 35.5. The molecular formula is C10H13ClN2O. The van der Waals surface area contributed by atoms with E-state index in [1.807, 2.05) is 13.1 Å². The highest BCUT2D eigenvalue weighted by Gasteiger charge is 2.02. The van der Waals surface area contributed by atoms with Gasteiger partial charge in [-0.05, 0) is 19.2 Å². The lowest BCUT2D eigenvalue weighted by Gasteiger charge is -2.07. The van der Waals surface area contributed by atoms with Gasteiger partial charge < -0.3 is 10.1 Å². The molecule has 1 aromatic carbocycles. The maximum absolute atomic E-state index is 8.66. The van der Waals surface area contributed by atoms with E-state index in [1.54, 1.807) is 19.2 Å². The van der Waals surface area contributed by atoms with Crippen LogP contribution in [0.4, 0.5) is 0 Å². The fourth-order valence-electron chi connectivity index (χ4n) is 1.15. The average molecular weight is 213 g/mol. The molecule has 1 rings (SSSR count). The number of methoxy groups -OCH3 is 1. The first-order valence-electron chi connectivity index (χ1n) is 4.03. The first-order valence-corrected chi connectivity index (χ1v) is 4.03. The van der Waals surface area contributed by atoms with Crippen LogP contribution in [-0.2, 0) is 6.54 Å². The van der Waals surface area contributed by atoms with Gasteiger partial charge in [0.05, 0.1) is 18.7 Å². The summed E-state index contributed by atoms with van der Waals surface area (Å²) in [6.07, 6.45) is 0. The second kappa shape index (κ2) is 6.25. The molecule has 14 heavy (non-hydrogen) atoms. The molecule has 0 spiro atoms. The van der Waals surface area contributed by atoms with Crippen molar-refractivity contribution in [1.29, 1.82) is 5.26 Å². The predicted molar refractivity (Wildman–Crippen MR) is 57.7 cm³/mol. The molecule has 0 saturated carbocycles. The molecule has 0 aliphatic heterocycles. The fraction of sp³-hybridized carbons (Fsp3) is 0.300. The number of hydrogen-bond donors (Lipinski definition) is 1. The first-order chi connectivity index (χ1) is 6.31. The van der Waals surface area contributed by atoms with Gasteiger partial charge in [-0.15, -0.1) is 12.4 Å². The lowest BCUT2D eigenvalue weighted by molar-refractivity contribution is 0.408. The predicted octanol–water partition coefficient (Wildman–Crippen LogP) is 1.71. The molecule has 1 N–H and O–H groups in total. The molecule has 0 unspecified atom stereocenters. The van der Waals surface area contributed by atoms with Gasteiger partial charge in [-0.2, -0.15) is 5.26 Å². The van der Waals surface area contributed by atoms with E-state index in [1.165, 1.54) is 0 Å². The van der Waals surface area contributed by atoms with Crippen LogP contribution >= 0.6 is 12.4 Å². The SMILES string of the molecule is CNCc1ccc(C#N)cc1OC.Cl. The molecule has 3 nitrogen and oxygen atoms in total. The molecule has 0 bridgehead atoms. The van der Waals surface area contributed by atoms with Crippen LogP contribution in [0.3, 0.4) is 0 Å². The zero-order chi connectivity index (χ0) is 9.68. The molecule has 1 aromatic rings. The van der Waals surface area contributed by atoms with Crippen molar-refractivity contribution in [2.75, 3.05) is 14.2 Å². The van der Waals surface area contributed by atoms with Crippen molar-refractivity contribution in [1.82, 2.24) is 5.32 Å². The maximum Gasteiger partial charge on any atom is 0.124 e. The van der Waals surface area contributed by atoms with Gasteiger partial charge in [-0.3, -0.25) is 0 Å². The Kier molecular flexibility index (Phi) is 5.70. The highest BCUT2D eigenvalue weighted by molar-refractivity contribution is 5.85. The molecule has 0 amide bonds. The van der Waals surface area contributed by atoms with E-state index >= 15 is 0 Å². The van der Waals surface area contributed by atoms with E-state index in [-0.39, 0.29) is 12.4 Å². The third-order valence-electron chi connectivity index (χ3n) is 1.78. The van der Waals surface area contributed by atoms with Gasteiger partial charge in [-0.1, -0.05) is 6.07 Å². The summed E-state index contributed by atoms with van der Waals surface area (Å²) in [5.74, 6) is 0.758. The van der Waals surface area contributed by atoms with Gasteiger partial charge in [0.1, 0.15) is 5.75 Å². The Hall–Kier alpha value is -1.24. The molecule has 0 aliphatic carbocycles. The summed E-state index contributed by atoms with van der Waals surface area (Å²) in [5.41, 5.74) is 1.68. The van der Waals surface area contributed by atoms with Crippen molar-refractivity contribution in [3.05, 3.63) is 29.3 Å². The van der Waals surface area contributed by atoms with Gasteiger partial charge in [0, 0.05) is 12.1 Å². The highest BCUT2D eigenvalue weighted by Crippen LogP contribution is 2.19. The minimum absolute atomic E-state index is 0. The van der Waals surface area contributed by atoms with Crippen molar-refractivity contribution >= 4 is 12.4 Å². The lowest BCUT2D eigenvalue weighted by Crippen LogP contribution is -2.06. The Bertz CT molecular complexity index is 333. The second-order valence-corrected chi connectivity index (χ2v) is 2.67. The molecule has 0 heterocycles. The Morgan fingerprint density at radius 1 is 1.50 bits per heavy atom. The molecule has 0 aromatic heterocycles. The monoisotopic (exact) mass is 212 g/mol. The summed E-state index contributed by atoms with van der Waals surface area (Å²) >= 11 is 0. The number of ether oxygens (including phenoxy) is 1. The summed E-state index contributed by atoms with van der Waals surface area (Å²) in [6.45, 7) is 0.745. The standard InChI is InChI=1S/C10H12N2O.ClH/c1-12-7-9-4-3-8(6-11)5-10(9)13-2;/h3-5,12H,7H2,1-2H3;1H. The Labute approximate surface area is 90.1 Å². The van der Waals surface area contributed by atoms with E-state index in [9.17, 15) is 0 Å². The van der Waals surface area contributed by atoms with Crippen molar-refractivity contribution in [3.63, 3.8) is 0 Å². The molecule has 76 valence electrons. The molecule has 0 saturated heterocycles. The largest absolute Gasteiger partial charge is 0.496 e. The van der Waals surface area contributed by atoms with Crippen LogP contribution in [-0.4, -0.2) is 14.2 Å². The molecule has 0 aliphatic rings. The zero-order valence-electron chi connectivity index (χ0n) is 8.20.